The van der Waals surface area contributed by atoms with Crippen LogP contribution in [0.2, 0.25) is 0 Å². The molecule has 0 bridgehead atoms. The summed E-state index contributed by atoms with van der Waals surface area (Å²) in [6, 6.07) is 21.6. The molecule has 2 aromatic carbocycles. The second kappa shape index (κ2) is 7.26. The van der Waals surface area contributed by atoms with Crippen molar-refractivity contribution in [3.63, 3.8) is 0 Å². The fourth-order valence-electron chi connectivity index (χ4n) is 4.22. The van der Waals surface area contributed by atoms with Gasteiger partial charge in [-0.05, 0) is 24.1 Å². The van der Waals surface area contributed by atoms with Crippen molar-refractivity contribution in [2.75, 3.05) is 0 Å². The number of quaternary nitrogens is 1. The lowest BCUT2D eigenvalue weighted by Gasteiger charge is -2.34. The van der Waals surface area contributed by atoms with E-state index >= 15 is 0 Å². The van der Waals surface area contributed by atoms with Crippen LogP contribution in [0.15, 0.2) is 72.9 Å². The Balaban J connectivity index is 1.70. The third kappa shape index (κ3) is 3.15. The van der Waals surface area contributed by atoms with Crippen LogP contribution in [0.3, 0.4) is 0 Å². The lowest BCUT2D eigenvalue weighted by Crippen LogP contribution is -2.73. The summed E-state index contributed by atoms with van der Waals surface area (Å²) < 4.78 is 27.1. The summed E-state index contributed by atoms with van der Waals surface area (Å²) in [7, 11) is 0. The zero-order valence-electron chi connectivity index (χ0n) is 16.5. The van der Waals surface area contributed by atoms with E-state index in [0.29, 0.717) is 10.9 Å². The van der Waals surface area contributed by atoms with Crippen molar-refractivity contribution in [2.45, 2.75) is 31.2 Å². The number of hydrogen-bond acceptors (Lipinski definition) is 2. The van der Waals surface area contributed by atoms with E-state index in [1.54, 1.807) is 12.1 Å². The summed E-state index contributed by atoms with van der Waals surface area (Å²) in [5.74, 6) is 0. The minimum Gasteiger partial charge on any atom is -0.349 e. The molecular formula is C25H22F2N3+. The molecule has 4 aromatic rings. The van der Waals surface area contributed by atoms with Gasteiger partial charge >= 0.3 is 0 Å². The predicted octanol–water partition coefficient (Wildman–Crippen LogP) is 5.52. The molecule has 0 saturated heterocycles. The van der Waals surface area contributed by atoms with Gasteiger partial charge in [-0.2, -0.15) is 0 Å². The molecule has 0 atom stereocenters. The normalized spacial score (nSPS) is 15.3. The van der Waals surface area contributed by atoms with Gasteiger partial charge in [-0.1, -0.05) is 54.6 Å². The van der Waals surface area contributed by atoms with Crippen LogP contribution in [0.25, 0.3) is 33.3 Å². The molecule has 1 aliphatic rings. The molecule has 2 heterocycles. The maximum Gasteiger partial charge on any atom is 0.281 e. The molecule has 0 radical (unpaired) electrons. The van der Waals surface area contributed by atoms with Crippen molar-refractivity contribution in [1.29, 1.82) is 0 Å². The molecule has 2 aromatic heterocycles. The zero-order valence-corrected chi connectivity index (χ0v) is 16.5. The molecule has 30 heavy (non-hydrogen) atoms. The number of alkyl halides is 2. The molecule has 5 heteroatoms. The van der Waals surface area contributed by atoms with Gasteiger partial charge < -0.3 is 5.73 Å². The Morgan fingerprint density at radius 1 is 0.900 bits per heavy atom. The molecular weight excluding hydrogens is 380 g/mol. The van der Waals surface area contributed by atoms with Crippen LogP contribution in [-0.2, 0) is 5.54 Å². The van der Waals surface area contributed by atoms with Crippen LogP contribution in [0.1, 0.15) is 36.9 Å². The van der Waals surface area contributed by atoms with Crippen molar-refractivity contribution >= 4 is 10.9 Å². The van der Waals surface area contributed by atoms with Crippen molar-refractivity contribution in [3.8, 4) is 22.4 Å². The van der Waals surface area contributed by atoms with Gasteiger partial charge in [0.2, 0.25) is 0 Å². The number of pyridine rings is 2. The first-order valence-electron chi connectivity index (χ1n) is 10.1. The van der Waals surface area contributed by atoms with E-state index in [0.717, 1.165) is 35.2 Å². The van der Waals surface area contributed by atoms with E-state index in [1.807, 2.05) is 30.3 Å². The van der Waals surface area contributed by atoms with Gasteiger partial charge in [-0.3, -0.25) is 4.98 Å². The quantitative estimate of drug-likeness (QED) is 0.488. The van der Waals surface area contributed by atoms with Crippen molar-refractivity contribution in [1.82, 2.24) is 9.97 Å². The molecule has 150 valence electrons. The van der Waals surface area contributed by atoms with Crippen molar-refractivity contribution in [3.05, 3.63) is 84.2 Å². The number of nitrogens with zero attached hydrogens (tertiary/aromatic N) is 2. The third-order valence-electron chi connectivity index (χ3n) is 6.15. The molecule has 0 spiro atoms. The summed E-state index contributed by atoms with van der Waals surface area (Å²) in [5.41, 5.74) is 9.42. The maximum absolute atomic E-state index is 13.6. The fraction of sp³-hybridized carbons (Fsp3) is 0.200. The van der Waals surface area contributed by atoms with Crippen LogP contribution in [0.5, 0.6) is 0 Å². The van der Waals surface area contributed by atoms with E-state index in [-0.39, 0.29) is 11.2 Å². The summed E-state index contributed by atoms with van der Waals surface area (Å²) in [6.07, 6.45) is 2.18. The minimum absolute atomic E-state index is 0.0233. The van der Waals surface area contributed by atoms with E-state index in [1.165, 1.54) is 18.2 Å². The van der Waals surface area contributed by atoms with Crippen LogP contribution in [0, 0.1) is 0 Å². The Hall–Kier alpha value is -3.18. The van der Waals surface area contributed by atoms with Gasteiger partial charge in [-0.15, -0.1) is 0 Å². The lowest BCUT2D eigenvalue weighted by molar-refractivity contribution is -0.509. The van der Waals surface area contributed by atoms with E-state index < -0.39 is 6.43 Å². The molecule has 0 aliphatic heterocycles. The Morgan fingerprint density at radius 2 is 1.63 bits per heavy atom. The number of halogens is 2. The molecule has 0 amide bonds. The first-order valence-corrected chi connectivity index (χ1v) is 10.1. The third-order valence-corrected chi connectivity index (χ3v) is 6.15. The largest absolute Gasteiger partial charge is 0.349 e. The van der Waals surface area contributed by atoms with Crippen LogP contribution in [0.4, 0.5) is 8.78 Å². The predicted molar refractivity (Wildman–Crippen MR) is 114 cm³/mol. The topological polar surface area (TPSA) is 53.4 Å². The zero-order chi connectivity index (χ0) is 20.7. The Morgan fingerprint density at radius 3 is 2.27 bits per heavy atom. The number of fused-ring (bicyclic) bond motifs is 1. The highest BCUT2D eigenvalue weighted by atomic mass is 19.3. The molecule has 3 N–H and O–H groups in total. The first-order chi connectivity index (χ1) is 14.5. The summed E-state index contributed by atoms with van der Waals surface area (Å²) >= 11 is 0. The average Bonchev–Trinajstić information content (AvgIpc) is 2.76. The van der Waals surface area contributed by atoms with Gasteiger partial charge in [0.25, 0.3) is 6.43 Å². The van der Waals surface area contributed by atoms with Gasteiger partial charge in [0.05, 0.1) is 11.2 Å². The molecule has 1 saturated carbocycles. The first kappa shape index (κ1) is 18.8. The van der Waals surface area contributed by atoms with Gasteiger partial charge in [0.15, 0.2) is 0 Å². The molecule has 0 unspecified atom stereocenters. The molecule has 3 nitrogen and oxygen atoms in total. The van der Waals surface area contributed by atoms with Crippen LogP contribution >= 0.6 is 0 Å². The maximum atomic E-state index is 13.6. The monoisotopic (exact) mass is 402 g/mol. The molecule has 1 aliphatic carbocycles. The number of benzene rings is 2. The molecule has 5 rings (SSSR count). The van der Waals surface area contributed by atoms with E-state index in [4.69, 9.17) is 4.98 Å². The summed E-state index contributed by atoms with van der Waals surface area (Å²) in [4.78, 5) is 8.70. The van der Waals surface area contributed by atoms with Gasteiger partial charge in [0, 0.05) is 41.1 Å². The number of hydrogen-bond donors (Lipinski definition) is 1. The minimum atomic E-state index is -2.65. The SMILES string of the molecule is [NH3+]C1(c2ccc(-c3nc4ccnc(C(F)F)c4cc3-c3ccccc3)cc2)CCC1. The lowest BCUT2D eigenvalue weighted by atomic mass is 9.72. The Labute approximate surface area is 173 Å². The van der Waals surface area contributed by atoms with Crippen molar-refractivity contribution < 1.29 is 14.5 Å². The second-order valence-corrected chi connectivity index (χ2v) is 8.03. The Kier molecular flexibility index (Phi) is 4.55. The molecule has 1 fully saturated rings. The summed E-state index contributed by atoms with van der Waals surface area (Å²) in [5, 5.41) is 0.387. The fourth-order valence-corrected chi connectivity index (χ4v) is 4.22. The number of aromatic nitrogens is 2. The highest BCUT2D eigenvalue weighted by Gasteiger charge is 2.38. The van der Waals surface area contributed by atoms with Gasteiger partial charge in [-0.25, -0.2) is 13.8 Å². The van der Waals surface area contributed by atoms with Crippen LogP contribution < -0.4 is 5.73 Å². The average molecular weight is 402 g/mol. The van der Waals surface area contributed by atoms with E-state index in [2.05, 4.69) is 35.0 Å². The highest BCUT2D eigenvalue weighted by molar-refractivity contribution is 5.92. The smallest absolute Gasteiger partial charge is 0.281 e. The van der Waals surface area contributed by atoms with E-state index in [9.17, 15) is 8.78 Å². The number of rotatable bonds is 4. The highest BCUT2D eigenvalue weighted by Crippen LogP contribution is 2.39. The van der Waals surface area contributed by atoms with Gasteiger partial charge in [0.1, 0.15) is 11.2 Å². The van der Waals surface area contributed by atoms with Crippen LogP contribution in [-0.4, -0.2) is 9.97 Å². The van der Waals surface area contributed by atoms with Crippen molar-refractivity contribution in [2.24, 2.45) is 0 Å². The summed E-state index contributed by atoms with van der Waals surface area (Å²) in [6.45, 7) is 0. The second-order valence-electron chi connectivity index (χ2n) is 8.03. The Bertz CT molecular complexity index is 1200. The standard InChI is InChI=1S/C25H21F2N3/c26-24(27)23-20-15-19(16-5-2-1-3-6-16)22(30-21(20)11-14-29-23)17-7-9-18(10-8-17)25(28)12-4-13-25/h1-3,5-11,14-15,24H,4,12-13,28H2/p+1.